The van der Waals surface area contributed by atoms with E-state index in [-0.39, 0.29) is 12.0 Å². The Hall–Kier alpha value is -1.80. The van der Waals surface area contributed by atoms with E-state index >= 15 is 0 Å². The summed E-state index contributed by atoms with van der Waals surface area (Å²) in [7, 11) is 1.55. The monoisotopic (exact) mass is 290 g/mol. The molecule has 0 aliphatic heterocycles. The number of halogens is 3. The summed E-state index contributed by atoms with van der Waals surface area (Å²) in [6.45, 7) is 2.22. The highest BCUT2D eigenvalue weighted by atomic mass is 19.4. The lowest BCUT2D eigenvalue weighted by molar-refractivity contribution is -0.137. The highest BCUT2D eigenvalue weighted by molar-refractivity contribution is 5.93. The molecule has 0 saturated heterocycles. The van der Waals surface area contributed by atoms with Crippen LogP contribution >= 0.6 is 0 Å². The van der Waals surface area contributed by atoms with Gasteiger partial charge < -0.3 is 10.1 Å². The molecule has 5 nitrogen and oxygen atoms in total. The van der Waals surface area contributed by atoms with Crippen LogP contribution in [0.2, 0.25) is 0 Å². The van der Waals surface area contributed by atoms with Gasteiger partial charge in [0.2, 0.25) is 5.96 Å². The van der Waals surface area contributed by atoms with Gasteiger partial charge in [-0.25, -0.2) is 10.8 Å². The van der Waals surface area contributed by atoms with Gasteiger partial charge in [-0.1, -0.05) is 0 Å². The molecule has 0 amide bonds. The molecule has 112 valence electrons. The minimum Gasteiger partial charge on any atom is -0.382 e. The number of anilines is 1. The van der Waals surface area contributed by atoms with Gasteiger partial charge in [0.15, 0.2) is 0 Å². The maximum absolute atomic E-state index is 12.4. The SMILES string of the molecule is COCC(C)N=C(NN)Nc1ccc(C(F)(F)F)cc1. The fourth-order valence-corrected chi connectivity index (χ4v) is 1.48. The lowest BCUT2D eigenvalue weighted by Gasteiger charge is -2.13. The van der Waals surface area contributed by atoms with Crippen LogP contribution in [-0.2, 0) is 10.9 Å². The molecular formula is C12H17F3N4O. The number of methoxy groups -OCH3 is 1. The van der Waals surface area contributed by atoms with Gasteiger partial charge in [-0.3, -0.25) is 5.43 Å². The maximum Gasteiger partial charge on any atom is 0.416 e. The number of benzene rings is 1. The number of ether oxygens (including phenoxy) is 1. The predicted octanol–water partition coefficient (Wildman–Crippen LogP) is 1.97. The predicted molar refractivity (Wildman–Crippen MR) is 71.2 cm³/mol. The third-order valence-corrected chi connectivity index (χ3v) is 2.37. The summed E-state index contributed by atoms with van der Waals surface area (Å²) < 4.78 is 42.2. The first-order chi connectivity index (χ1) is 9.36. The molecule has 0 spiro atoms. The van der Waals surface area contributed by atoms with Gasteiger partial charge in [0.1, 0.15) is 0 Å². The first kappa shape index (κ1) is 16.3. The highest BCUT2D eigenvalue weighted by Gasteiger charge is 2.29. The Labute approximate surface area is 115 Å². The van der Waals surface area contributed by atoms with E-state index < -0.39 is 11.7 Å². The van der Waals surface area contributed by atoms with Crippen molar-refractivity contribution in [3.8, 4) is 0 Å². The third-order valence-electron chi connectivity index (χ3n) is 2.37. The van der Waals surface area contributed by atoms with Gasteiger partial charge in [-0.2, -0.15) is 13.2 Å². The zero-order valence-electron chi connectivity index (χ0n) is 11.2. The van der Waals surface area contributed by atoms with Crippen LogP contribution in [-0.4, -0.2) is 25.7 Å². The lowest BCUT2D eigenvalue weighted by atomic mass is 10.2. The number of alkyl halides is 3. The maximum atomic E-state index is 12.4. The number of aliphatic imine (C=N–C) groups is 1. The zero-order valence-corrected chi connectivity index (χ0v) is 11.2. The van der Waals surface area contributed by atoms with Crippen LogP contribution < -0.4 is 16.6 Å². The van der Waals surface area contributed by atoms with E-state index in [1.807, 2.05) is 6.92 Å². The van der Waals surface area contributed by atoms with Gasteiger partial charge in [0, 0.05) is 12.8 Å². The molecule has 0 saturated carbocycles. The summed E-state index contributed by atoms with van der Waals surface area (Å²) in [6.07, 6.45) is -4.35. The van der Waals surface area contributed by atoms with Gasteiger partial charge in [-0.15, -0.1) is 0 Å². The van der Waals surface area contributed by atoms with Crippen LogP contribution in [0.4, 0.5) is 18.9 Å². The molecule has 0 aliphatic rings. The summed E-state index contributed by atoms with van der Waals surface area (Å²) in [5, 5.41) is 2.79. The van der Waals surface area contributed by atoms with E-state index in [9.17, 15) is 13.2 Å². The van der Waals surface area contributed by atoms with E-state index in [4.69, 9.17) is 10.6 Å². The Morgan fingerprint density at radius 1 is 1.35 bits per heavy atom. The topological polar surface area (TPSA) is 71.7 Å². The second-order valence-corrected chi connectivity index (χ2v) is 4.13. The van der Waals surface area contributed by atoms with Crippen LogP contribution in [0.3, 0.4) is 0 Å². The molecule has 0 bridgehead atoms. The molecule has 1 atom stereocenters. The highest BCUT2D eigenvalue weighted by Crippen LogP contribution is 2.29. The number of hydrazine groups is 1. The third kappa shape index (κ3) is 5.06. The first-order valence-electron chi connectivity index (χ1n) is 5.84. The summed E-state index contributed by atoms with van der Waals surface area (Å²) in [5.74, 6) is 5.54. The molecule has 0 radical (unpaired) electrons. The molecule has 0 aliphatic carbocycles. The van der Waals surface area contributed by atoms with E-state index in [0.29, 0.717) is 12.3 Å². The minimum absolute atomic E-state index is 0.145. The van der Waals surface area contributed by atoms with Crippen molar-refractivity contribution in [3.05, 3.63) is 29.8 Å². The Bertz CT molecular complexity index is 445. The normalized spacial score (nSPS) is 14.0. The summed E-state index contributed by atoms with van der Waals surface area (Å²) in [5.41, 5.74) is 2.08. The van der Waals surface area contributed by atoms with Gasteiger partial charge in [0.05, 0.1) is 18.2 Å². The second-order valence-electron chi connectivity index (χ2n) is 4.13. The fourth-order valence-electron chi connectivity index (χ4n) is 1.48. The Morgan fingerprint density at radius 3 is 2.40 bits per heavy atom. The van der Waals surface area contributed by atoms with Gasteiger partial charge in [0.25, 0.3) is 0 Å². The largest absolute Gasteiger partial charge is 0.416 e. The quantitative estimate of drug-likeness (QED) is 0.343. The molecule has 1 aromatic carbocycles. The molecule has 8 heteroatoms. The Balaban J connectivity index is 2.76. The van der Waals surface area contributed by atoms with Crippen molar-refractivity contribution < 1.29 is 17.9 Å². The van der Waals surface area contributed by atoms with Gasteiger partial charge in [-0.05, 0) is 31.2 Å². The molecule has 0 aromatic heterocycles. The number of rotatable bonds is 4. The number of nitrogens with two attached hydrogens (primary N) is 1. The molecule has 0 fully saturated rings. The number of nitrogens with zero attached hydrogens (tertiary/aromatic N) is 1. The molecule has 0 heterocycles. The van der Waals surface area contributed by atoms with E-state index in [1.54, 1.807) is 7.11 Å². The van der Waals surface area contributed by atoms with Crippen molar-refractivity contribution in [2.45, 2.75) is 19.1 Å². The average Bonchev–Trinajstić information content (AvgIpc) is 2.37. The van der Waals surface area contributed by atoms with Crippen molar-refractivity contribution in [3.63, 3.8) is 0 Å². The summed E-state index contributed by atoms with van der Waals surface area (Å²) >= 11 is 0. The van der Waals surface area contributed by atoms with E-state index in [2.05, 4.69) is 15.7 Å². The van der Waals surface area contributed by atoms with Crippen molar-refractivity contribution in [1.29, 1.82) is 0 Å². The fraction of sp³-hybridized carbons (Fsp3) is 0.417. The average molecular weight is 290 g/mol. The molecule has 20 heavy (non-hydrogen) atoms. The van der Waals surface area contributed by atoms with Crippen LogP contribution in [0.1, 0.15) is 12.5 Å². The Morgan fingerprint density at radius 2 is 1.95 bits per heavy atom. The van der Waals surface area contributed by atoms with Crippen molar-refractivity contribution in [1.82, 2.24) is 5.43 Å². The first-order valence-corrected chi connectivity index (χ1v) is 5.84. The minimum atomic E-state index is -4.35. The molecule has 1 aromatic rings. The van der Waals surface area contributed by atoms with E-state index in [0.717, 1.165) is 12.1 Å². The standard InChI is InChI=1S/C12H17F3N4O/c1-8(7-20-2)17-11(19-16)18-10-5-3-9(4-6-10)12(13,14)15/h3-6,8H,7,16H2,1-2H3,(H2,17,18,19). The number of hydrogen-bond acceptors (Lipinski definition) is 3. The van der Waals surface area contributed by atoms with Crippen LogP contribution in [0.15, 0.2) is 29.3 Å². The molecule has 4 N–H and O–H groups in total. The number of hydrogen-bond donors (Lipinski definition) is 3. The van der Waals surface area contributed by atoms with Crippen LogP contribution in [0.5, 0.6) is 0 Å². The smallest absolute Gasteiger partial charge is 0.382 e. The van der Waals surface area contributed by atoms with Crippen molar-refractivity contribution in [2.75, 3.05) is 19.0 Å². The number of nitrogens with one attached hydrogen (secondary N) is 2. The molecule has 1 unspecified atom stereocenters. The van der Waals surface area contributed by atoms with Crippen LogP contribution in [0, 0.1) is 0 Å². The van der Waals surface area contributed by atoms with Crippen LogP contribution in [0.25, 0.3) is 0 Å². The lowest BCUT2D eigenvalue weighted by Crippen LogP contribution is -2.37. The Kier molecular flexibility index (Phi) is 5.78. The summed E-state index contributed by atoms with van der Waals surface area (Å²) in [6, 6.07) is 4.42. The molecule has 1 rings (SSSR count). The second kappa shape index (κ2) is 7.11. The molecular weight excluding hydrogens is 273 g/mol. The van der Waals surface area contributed by atoms with E-state index in [1.165, 1.54) is 12.1 Å². The zero-order chi connectivity index (χ0) is 15.2. The number of guanidine groups is 1. The summed E-state index contributed by atoms with van der Waals surface area (Å²) in [4.78, 5) is 4.17. The van der Waals surface area contributed by atoms with Gasteiger partial charge >= 0.3 is 6.18 Å². The van der Waals surface area contributed by atoms with Crippen molar-refractivity contribution in [2.24, 2.45) is 10.8 Å². The van der Waals surface area contributed by atoms with Crippen molar-refractivity contribution >= 4 is 11.6 Å².